The van der Waals surface area contributed by atoms with Crippen LogP contribution < -0.4 is 0 Å². The van der Waals surface area contributed by atoms with Crippen molar-refractivity contribution in [1.29, 1.82) is 0 Å². The first-order valence-corrected chi connectivity index (χ1v) is 23.1. The summed E-state index contributed by atoms with van der Waals surface area (Å²) in [5.74, 6) is 0.648. The standard InChI is InChI=1S/C64H41N3O/c1-6-19-42(20-7-1)43-33-35-48(36-34-43)57-41-56(47-27-14-5-15-28-47)65-64(66-57)49-39-54(45-23-10-3-11-24-45)61(55(40-49)46-25-12-4-13-26-46)67-58-32-17-16-29-53(58)60-59(67)38-37-52-51-31-18-30-50(62(51)68-63(52)60)44-21-8-2-9-22-44/h1-41H. The van der Waals surface area contributed by atoms with Crippen LogP contribution in [0.4, 0.5) is 0 Å². The summed E-state index contributed by atoms with van der Waals surface area (Å²) in [6.45, 7) is 0. The van der Waals surface area contributed by atoms with Gasteiger partial charge in [-0.05, 0) is 64.2 Å². The molecule has 0 amide bonds. The first-order valence-electron chi connectivity index (χ1n) is 23.1. The molecule has 0 aliphatic carbocycles. The fraction of sp³-hybridized carbons (Fsp3) is 0. The summed E-state index contributed by atoms with van der Waals surface area (Å²) in [5, 5.41) is 4.40. The second-order valence-corrected chi connectivity index (χ2v) is 17.3. The molecule has 0 saturated carbocycles. The largest absolute Gasteiger partial charge is 0.455 e. The van der Waals surface area contributed by atoms with E-state index in [0.29, 0.717) is 5.82 Å². The number of rotatable bonds is 8. The van der Waals surface area contributed by atoms with Gasteiger partial charge in [-0.2, -0.15) is 0 Å². The third kappa shape index (κ3) is 6.69. The van der Waals surface area contributed by atoms with Crippen LogP contribution in [0.1, 0.15) is 0 Å². The molecular weight excluding hydrogens is 827 g/mol. The minimum atomic E-state index is 0.648. The minimum Gasteiger partial charge on any atom is -0.455 e. The highest BCUT2D eigenvalue weighted by Gasteiger charge is 2.25. The number of furan rings is 1. The number of benzene rings is 10. The zero-order chi connectivity index (χ0) is 45.0. The van der Waals surface area contributed by atoms with Gasteiger partial charge in [0.25, 0.3) is 0 Å². The quantitative estimate of drug-likeness (QED) is 0.153. The average molecular weight is 868 g/mol. The molecule has 4 heteroatoms. The van der Waals surface area contributed by atoms with Gasteiger partial charge in [-0.25, -0.2) is 9.97 Å². The van der Waals surface area contributed by atoms with Crippen LogP contribution in [0.2, 0.25) is 0 Å². The second kappa shape index (κ2) is 16.4. The monoisotopic (exact) mass is 867 g/mol. The molecule has 0 unspecified atom stereocenters. The van der Waals surface area contributed by atoms with Crippen molar-refractivity contribution in [2.24, 2.45) is 0 Å². The Morgan fingerprint density at radius 2 is 0.750 bits per heavy atom. The normalized spacial score (nSPS) is 11.5. The van der Waals surface area contributed by atoms with Crippen LogP contribution in [0.25, 0.3) is 128 Å². The Hall–Kier alpha value is -9.12. The smallest absolute Gasteiger partial charge is 0.160 e. The highest BCUT2D eigenvalue weighted by atomic mass is 16.3. The number of nitrogens with zero attached hydrogens (tertiary/aromatic N) is 3. The average Bonchev–Trinajstić information content (AvgIpc) is 3.98. The number of hydrogen-bond donors (Lipinski definition) is 0. The van der Waals surface area contributed by atoms with E-state index >= 15 is 0 Å². The Morgan fingerprint density at radius 3 is 1.35 bits per heavy atom. The summed E-state index contributed by atoms with van der Waals surface area (Å²) >= 11 is 0. The summed E-state index contributed by atoms with van der Waals surface area (Å²) in [7, 11) is 0. The molecule has 68 heavy (non-hydrogen) atoms. The molecule has 0 aliphatic heterocycles. The number of hydrogen-bond acceptors (Lipinski definition) is 3. The van der Waals surface area contributed by atoms with Crippen LogP contribution in [0, 0.1) is 0 Å². The topological polar surface area (TPSA) is 43.9 Å². The number of para-hydroxylation sites is 2. The third-order valence-electron chi connectivity index (χ3n) is 13.2. The van der Waals surface area contributed by atoms with Crippen molar-refractivity contribution in [1.82, 2.24) is 14.5 Å². The predicted molar refractivity (Wildman–Crippen MR) is 282 cm³/mol. The molecule has 0 saturated heterocycles. The van der Waals surface area contributed by atoms with Crippen LogP contribution in [0.15, 0.2) is 253 Å². The van der Waals surface area contributed by atoms with E-state index in [2.05, 4.69) is 241 Å². The van der Waals surface area contributed by atoms with Gasteiger partial charge in [0.15, 0.2) is 5.82 Å². The van der Waals surface area contributed by atoms with Crippen molar-refractivity contribution < 1.29 is 4.42 Å². The molecule has 13 aromatic rings. The van der Waals surface area contributed by atoms with E-state index in [1.165, 1.54) is 5.56 Å². The SMILES string of the molecule is c1ccc(-c2ccc(-c3cc(-c4ccccc4)nc(-c4cc(-c5ccccc5)c(-n5c6ccccc6c6c7oc8c(-c9ccccc9)cccc8c7ccc65)c(-c5ccccc5)c4)n3)cc2)cc1. The summed E-state index contributed by atoms with van der Waals surface area (Å²) in [6.07, 6.45) is 0. The fourth-order valence-electron chi connectivity index (χ4n) is 10.0. The molecule has 0 fully saturated rings. The Balaban J connectivity index is 1.09. The van der Waals surface area contributed by atoms with Crippen LogP contribution in [0.3, 0.4) is 0 Å². The summed E-state index contributed by atoms with van der Waals surface area (Å²) < 4.78 is 9.56. The Kier molecular flexibility index (Phi) is 9.47. The van der Waals surface area contributed by atoms with E-state index in [-0.39, 0.29) is 0 Å². The Bertz CT molecular complexity index is 3910. The van der Waals surface area contributed by atoms with Gasteiger partial charge in [0, 0.05) is 49.5 Å². The van der Waals surface area contributed by atoms with Gasteiger partial charge in [0.2, 0.25) is 0 Å². The van der Waals surface area contributed by atoms with Crippen LogP contribution in [-0.4, -0.2) is 14.5 Å². The molecule has 0 N–H and O–H groups in total. The van der Waals surface area contributed by atoms with E-state index in [9.17, 15) is 0 Å². The molecule has 318 valence electrons. The van der Waals surface area contributed by atoms with Crippen molar-refractivity contribution in [3.63, 3.8) is 0 Å². The molecule has 0 atom stereocenters. The van der Waals surface area contributed by atoms with Gasteiger partial charge in [0.05, 0.1) is 33.5 Å². The van der Waals surface area contributed by atoms with Gasteiger partial charge in [-0.3, -0.25) is 0 Å². The zero-order valence-corrected chi connectivity index (χ0v) is 36.9. The van der Waals surface area contributed by atoms with Gasteiger partial charge in [0.1, 0.15) is 11.2 Å². The Labute approximate surface area is 393 Å². The molecule has 0 bridgehead atoms. The van der Waals surface area contributed by atoms with E-state index in [1.807, 2.05) is 12.1 Å². The zero-order valence-electron chi connectivity index (χ0n) is 36.9. The lowest BCUT2D eigenvalue weighted by molar-refractivity contribution is 0.674. The fourth-order valence-corrected chi connectivity index (χ4v) is 10.0. The molecule has 3 aromatic heterocycles. The molecule has 0 radical (unpaired) electrons. The molecule has 0 aliphatic rings. The van der Waals surface area contributed by atoms with Crippen molar-refractivity contribution in [3.05, 3.63) is 249 Å². The van der Waals surface area contributed by atoms with E-state index in [4.69, 9.17) is 14.4 Å². The lowest BCUT2D eigenvalue weighted by atomic mass is 9.92. The van der Waals surface area contributed by atoms with Gasteiger partial charge in [-0.1, -0.05) is 212 Å². The van der Waals surface area contributed by atoms with Crippen LogP contribution in [0.5, 0.6) is 0 Å². The third-order valence-corrected chi connectivity index (χ3v) is 13.2. The van der Waals surface area contributed by atoms with Gasteiger partial charge < -0.3 is 8.98 Å². The van der Waals surface area contributed by atoms with Gasteiger partial charge >= 0.3 is 0 Å². The number of aromatic nitrogens is 3. The first kappa shape index (κ1) is 39.3. The lowest BCUT2D eigenvalue weighted by Gasteiger charge is -2.21. The molecule has 0 spiro atoms. The van der Waals surface area contributed by atoms with Crippen molar-refractivity contribution >= 4 is 43.7 Å². The maximum absolute atomic E-state index is 7.11. The van der Waals surface area contributed by atoms with E-state index in [0.717, 1.165) is 116 Å². The van der Waals surface area contributed by atoms with Crippen molar-refractivity contribution in [2.45, 2.75) is 0 Å². The van der Waals surface area contributed by atoms with Crippen molar-refractivity contribution in [2.75, 3.05) is 0 Å². The highest BCUT2D eigenvalue weighted by molar-refractivity contribution is 6.25. The highest BCUT2D eigenvalue weighted by Crippen LogP contribution is 2.47. The van der Waals surface area contributed by atoms with Gasteiger partial charge in [-0.15, -0.1) is 0 Å². The second-order valence-electron chi connectivity index (χ2n) is 17.3. The summed E-state index contributed by atoms with van der Waals surface area (Å²) in [4.78, 5) is 10.8. The molecular formula is C64H41N3O. The maximum Gasteiger partial charge on any atom is 0.160 e. The predicted octanol–water partition coefficient (Wildman–Crippen LogP) is 17.1. The Morgan fingerprint density at radius 1 is 0.294 bits per heavy atom. The summed E-state index contributed by atoms with van der Waals surface area (Å²) in [5.41, 5.74) is 18.5. The van der Waals surface area contributed by atoms with E-state index < -0.39 is 0 Å². The lowest BCUT2D eigenvalue weighted by Crippen LogP contribution is -2.03. The van der Waals surface area contributed by atoms with E-state index in [1.54, 1.807) is 0 Å². The van der Waals surface area contributed by atoms with Crippen LogP contribution >= 0.6 is 0 Å². The van der Waals surface area contributed by atoms with Crippen LogP contribution in [-0.2, 0) is 0 Å². The molecule has 3 heterocycles. The van der Waals surface area contributed by atoms with Crippen molar-refractivity contribution in [3.8, 4) is 84.1 Å². The maximum atomic E-state index is 7.11. The minimum absolute atomic E-state index is 0.648. The molecule has 4 nitrogen and oxygen atoms in total. The summed E-state index contributed by atoms with van der Waals surface area (Å²) in [6, 6.07) is 87.9. The molecule has 10 aromatic carbocycles. The first-order chi connectivity index (χ1) is 33.7. The molecule has 13 rings (SSSR count). The number of fused-ring (bicyclic) bond motifs is 7.